The maximum atomic E-state index is 12.9. The summed E-state index contributed by atoms with van der Waals surface area (Å²) >= 11 is 0. The van der Waals surface area contributed by atoms with Crippen molar-refractivity contribution in [2.45, 2.75) is 25.2 Å². The van der Waals surface area contributed by atoms with Gasteiger partial charge in [0.2, 0.25) is 15.9 Å². The van der Waals surface area contributed by atoms with E-state index >= 15 is 0 Å². The fraction of sp³-hybridized carbons (Fsp3) is 0.550. The molecule has 0 aliphatic carbocycles. The maximum absolute atomic E-state index is 12.9. The van der Waals surface area contributed by atoms with E-state index in [-0.39, 0.29) is 24.5 Å². The van der Waals surface area contributed by atoms with Crippen molar-refractivity contribution in [1.82, 2.24) is 9.21 Å². The van der Waals surface area contributed by atoms with Crippen molar-refractivity contribution in [3.05, 3.63) is 24.3 Å². The van der Waals surface area contributed by atoms with Crippen molar-refractivity contribution in [3.8, 4) is 6.07 Å². The minimum Gasteiger partial charge on any atom is -0.468 e. The molecule has 0 spiro atoms. The lowest BCUT2D eigenvalue weighted by molar-refractivity contribution is -0.141. The second-order valence-corrected chi connectivity index (χ2v) is 9.66. The van der Waals surface area contributed by atoms with Crippen LogP contribution in [0.1, 0.15) is 20.3 Å². The number of methoxy groups -OCH3 is 1. The number of rotatable bonds is 8. The molecule has 1 aliphatic rings. The lowest BCUT2D eigenvalue weighted by atomic mass is 9.94. The third kappa shape index (κ3) is 6.52. The number of nitriles is 1. The number of hydrogen-bond donors (Lipinski definition) is 1. The Hall–Kier alpha value is -2.48. The second-order valence-electron chi connectivity index (χ2n) is 7.72. The van der Waals surface area contributed by atoms with Crippen LogP contribution in [0.5, 0.6) is 0 Å². The summed E-state index contributed by atoms with van der Waals surface area (Å²) < 4.78 is 31.9. The number of benzene rings is 1. The topological polar surface area (TPSA) is 120 Å². The Bertz CT molecular complexity index is 885. The Labute approximate surface area is 177 Å². The van der Waals surface area contributed by atoms with E-state index < -0.39 is 21.9 Å². The molecule has 1 heterocycles. The number of anilines is 1. The van der Waals surface area contributed by atoms with E-state index in [0.717, 1.165) is 6.42 Å². The van der Waals surface area contributed by atoms with Gasteiger partial charge in [-0.1, -0.05) is 13.8 Å². The van der Waals surface area contributed by atoms with Crippen LogP contribution in [0.2, 0.25) is 0 Å². The van der Waals surface area contributed by atoms with Crippen molar-refractivity contribution in [2.75, 3.05) is 45.2 Å². The van der Waals surface area contributed by atoms with E-state index in [9.17, 15) is 18.0 Å². The van der Waals surface area contributed by atoms with Gasteiger partial charge in [-0.05, 0) is 42.5 Å². The van der Waals surface area contributed by atoms with E-state index in [0.29, 0.717) is 30.6 Å². The molecule has 1 aromatic carbocycles. The number of ether oxygens (including phenoxy) is 1. The standard InChI is InChI=1S/C20H28N4O5S/c1-15-10-16(2)12-24(11-15)30(27,28)18-6-4-17(5-7-18)22-19(25)13-23(9-8-21)14-20(26)29-3/h4-7,15-16H,9-14H2,1-3H3,(H,22,25)/t15-,16+. The van der Waals surface area contributed by atoms with Gasteiger partial charge in [0.15, 0.2) is 0 Å². The van der Waals surface area contributed by atoms with E-state index in [2.05, 4.69) is 10.1 Å². The fourth-order valence-electron chi connectivity index (χ4n) is 3.58. The molecular formula is C20H28N4O5S. The molecule has 1 saturated heterocycles. The minimum atomic E-state index is -3.59. The quantitative estimate of drug-likeness (QED) is 0.482. The van der Waals surface area contributed by atoms with Crippen LogP contribution < -0.4 is 5.32 Å². The second kappa shape index (κ2) is 10.5. The molecule has 0 radical (unpaired) electrons. The predicted molar refractivity (Wildman–Crippen MR) is 111 cm³/mol. The number of carbonyl (C=O) groups is 2. The summed E-state index contributed by atoms with van der Waals surface area (Å²) in [5, 5.41) is 11.5. The maximum Gasteiger partial charge on any atom is 0.319 e. The van der Waals surface area contributed by atoms with Gasteiger partial charge in [0.05, 0.1) is 37.7 Å². The largest absolute Gasteiger partial charge is 0.468 e. The fourth-order valence-corrected chi connectivity index (χ4v) is 5.26. The molecular weight excluding hydrogens is 408 g/mol. The number of carbonyl (C=O) groups excluding carboxylic acids is 2. The smallest absolute Gasteiger partial charge is 0.319 e. The first-order valence-electron chi connectivity index (χ1n) is 9.72. The van der Waals surface area contributed by atoms with Crippen LogP contribution in [0.15, 0.2) is 29.2 Å². The molecule has 0 bridgehead atoms. The summed E-state index contributed by atoms with van der Waals surface area (Å²) in [5.74, 6) is -0.357. The number of amides is 1. The van der Waals surface area contributed by atoms with E-state index in [1.165, 1.54) is 40.6 Å². The molecule has 9 nitrogen and oxygen atoms in total. The average molecular weight is 437 g/mol. The van der Waals surface area contributed by atoms with Gasteiger partial charge in [-0.15, -0.1) is 0 Å². The molecule has 30 heavy (non-hydrogen) atoms. The van der Waals surface area contributed by atoms with Crippen molar-refractivity contribution in [3.63, 3.8) is 0 Å². The summed E-state index contributed by atoms with van der Waals surface area (Å²) in [6, 6.07) is 7.88. The first-order valence-corrected chi connectivity index (χ1v) is 11.2. The van der Waals surface area contributed by atoms with Gasteiger partial charge in [0.1, 0.15) is 0 Å². The van der Waals surface area contributed by atoms with E-state index in [4.69, 9.17) is 5.26 Å². The van der Waals surface area contributed by atoms with Gasteiger partial charge in [0, 0.05) is 18.8 Å². The lowest BCUT2D eigenvalue weighted by Crippen LogP contribution is -2.42. The van der Waals surface area contributed by atoms with Gasteiger partial charge >= 0.3 is 5.97 Å². The Balaban J connectivity index is 2.02. The molecule has 1 fully saturated rings. The SMILES string of the molecule is COC(=O)CN(CC#N)CC(=O)Nc1ccc(S(=O)(=O)N2C[C@H](C)C[C@H](C)C2)cc1. The summed E-state index contributed by atoms with van der Waals surface area (Å²) in [6.45, 7) is 4.64. The molecule has 0 saturated carbocycles. The van der Waals surface area contributed by atoms with Crippen molar-refractivity contribution < 1.29 is 22.7 Å². The summed E-state index contributed by atoms with van der Waals surface area (Å²) in [5.41, 5.74) is 0.425. The molecule has 164 valence electrons. The van der Waals surface area contributed by atoms with Crippen LogP contribution >= 0.6 is 0 Å². The number of piperidine rings is 1. The molecule has 2 rings (SSSR count). The first kappa shape index (κ1) is 23.8. The highest BCUT2D eigenvalue weighted by Gasteiger charge is 2.31. The Morgan fingerprint density at radius 3 is 2.33 bits per heavy atom. The first-order chi connectivity index (χ1) is 14.1. The number of sulfonamides is 1. The Morgan fingerprint density at radius 2 is 1.80 bits per heavy atom. The van der Waals surface area contributed by atoms with Crippen LogP contribution in [0, 0.1) is 23.2 Å². The highest BCUT2D eigenvalue weighted by atomic mass is 32.2. The van der Waals surface area contributed by atoms with Crippen LogP contribution in [-0.2, 0) is 24.3 Å². The molecule has 2 atom stereocenters. The van der Waals surface area contributed by atoms with Crippen molar-refractivity contribution >= 4 is 27.6 Å². The summed E-state index contributed by atoms with van der Waals surface area (Å²) in [7, 11) is -2.36. The highest BCUT2D eigenvalue weighted by Crippen LogP contribution is 2.27. The zero-order valence-corrected chi connectivity index (χ0v) is 18.3. The molecule has 1 N–H and O–H groups in total. The molecule has 1 aromatic rings. The number of nitrogens with zero attached hydrogens (tertiary/aromatic N) is 3. The third-order valence-electron chi connectivity index (χ3n) is 4.85. The predicted octanol–water partition coefficient (Wildman–Crippen LogP) is 1.29. The highest BCUT2D eigenvalue weighted by molar-refractivity contribution is 7.89. The average Bonchev–Trinajstić information content (AvgIpc) is 2.67. The van der Waals surface area contributed by atoms with Crippen LogP contribution in [0.3, 0.4) is 0 Å². The zero-order chi connectivity index (χ0) is 22.3. The molecule has 0 unspecified atom stereocenters. The number of hydrogen-bond acceptors (Lipinski definition) is 7. The third-order valence-corrected chi connectivity index (χ3v) is 6.70. The van der Waals surface area contributed by atoms with Crippen LogP contribution in [0.4, 0.5) is 5.69 Å². The van der Waals surface area contributed by atoms with Gasteiger partial charge in [-0.3, -0.25) is 14.5 Å². The monoisotopic (exact) mass is 436 g/mol. The molecule has 0 aromatic heterocycles. The van der Waals surface area contributed by atoms with Gasteiger partial charge < -0.3 is 10.1 Å². The normalized spacial score (nSPS) is 19.8. The van der Waals surface area contributed by atoms with E-state index in [1.54, 1.807) is 0 Å². The Morgan fingerprint density at radius 1 is 1.20 bits per heavy atom. The molecule has 10 heteroatoms. The van der Waals surface area contributed by atoms with Gasteiger partial charge in [-0.25, -0.2) is 8.42 Å². The molecule has 1 aliphatic heterocycles. The van der Waals surface area contributed by atoms with Crippen molar-refractivity contribution in [2.24, 2.45) is 11.8 Å². The minimum absolute atomic E-state index is 0.105. The Kier molecular flexibility index (Phi) is 8.34. The number of nitrogens with one attached hydrogen (secondary N) is 1. The lowest BCUT2D eigenvalue weighted by Gasteiger charge is -2.34. The zero-order valence-electron chi connectivity index (χ0n) is 17.5. The molecule has 1 amide bonds. The summed E-state index contributed by atoms with van der Waals surface area (Å²) in [6.07, 6.45) is 1.01. The van der Waals surface area contributed by atoms with Crippen LogP contribution in [-0.4, -0.2) is 69.3 Å². The summed E-state index contributed by atoms with van der Waals surface area (Å²) in [4.78, 5) is 25.1. The van der Waals surface area contributed by atoms with E-state index in [1.807, 2.05) is 19.9 Å². The number of esters is 1. The van der Waals surface area contributed by atoms with Gasteiger partial charge in [-0.2, -0.15) is 9.57 Å². The van der Waals surface area contributed by atoms with Gasteiger partial charge in [0.25, 0.3) is 0 Å². The van der Waals surface area contributed by atoms with Crippen molar-refractivity contribution in [1.29, 1.82) is 5.26 Å². The van der Waals surface area contributed by atoms with Crippen LogP contribution in [0.25, 0.3) is 0 Å².